The first-order chi connectivity index (χ1) is 9.13. The van der Waals surface area contributed by atoms with Gasteiger partial charge < -0.3 is 9.73 Å². The molecule has 1 aliphatic rings. The predicted octanol–water partition coefficient (Wildman–Crippen LogP) is 3.46. The fourth-order valence-electron chi connectivity index (χ4n) is 2.41. The van der Waals surface area contributed by atoms with Crippen LogP contribution in [-0.4, -0.2) is 23.5 Å². The van der Waals surface area contributed by atoms with E-state index < -0.39 is 0 Å². The summed E-state index contributed by atoms with van der Waals surface area (Å²) in [6.07, 6.45) is 3.83. The van der Waals surface area contributed by atoms with Crippen molar-refractivity contribution in [3.05, 3.63) is 23.2 Å². The molecule has 0 radical (unpaired) electrons. The summed E-state index contributed by atoms with van der Waals surface area (Å²) < 4.78 is 6.02. The van der Waals surface area contributed by atoms with E-state index in [-0.39, 0.29) is 0 Å². The van der Waals surface area contributed by atoms with Crippen molar-refractivity contribution in [2.75, 3.05) is 6.54 Å². The highest BCUT2D eigenvalue weighted by Gasteiger charge is 2.21. The Bertz CT molecular complexity index is 395. The molecule has 1 aromatic heterocycles. The van der Waals surface area contributed by atoms with Crippen LogP contribution in [0.2, 0.25) is 0 Å². The summed E-state index contributed by atoms with van der Waals surface area (Å²) in [5, 5.41) is 3.52. The molecule has 3 heteroatoms. The summed E-state index contributed by atoms with van der Waals surface area (Å²) in [7, 11) is 0. The van der Waals surface area contributed by atoms with E-state index in [2.05, 4.69) is 44.0 Å². The van der Waals surface area contributed by atoms with Gasteiger partial charge in [-0.15, -0.1) is 0 Å². The third kappa shape index (κ3) is 4.08. The van der Waals surface area contributed by atoms with Gasteiger partial charge in [-0.2, -0.15) is 0 Å². The largest absolute Gasteiger partial charge is 0.463 e. The van der Waals surface area contributed by atoms with E-state index in [1.807, 2.05) is 0 Å². The lowest BCUT2D eigenvalue weighted by Crippen LogP contribution is -2.31. The highest BCUT2D eigenvalue weighted by Crippen LogP contribution is 2.22. The first kappa shape index (κ1) is 14.6. The van der Waals surface area contributed by atoms with Gasteiger partial charge in [-0.3, -0.25) is 4.90 Å². The third-order valence-corrected chi connectivity index (χ3v) is 4.18. The van der Waals surface area contributed by atoms with Crippen LogP contribution in [0.3, 0.4) is 0 Å². The molecule has 3 nitrogen and oxygen atoms in total. The second-order valence-corrected chi connectivity index (χ2v) is 5.79. The minimum Gasteiger partial charge on any atom is -0.463 e. The van der Waals surface area contributed by atoms with Gasteiger partial charge in [-0.25, -0.2) is 0 Å². The van der Waals surface area contributed by atoms with Crippen molar-refractivity contribution in [1.82, 2.24) is 10.2 Å². The number of hydrogen-bond acceptors (Lipinski definition) is 3. The van der Waals surface area contributed by atoms with Crippen molar-refractivity contribution in [2.24, 2.45) is 0 Å². The Balaban J connectivity index is 1.93. The van der Waals surface area contributed by atoms with Gasteiger partial charge >= 0.3 is 0 Å². The van der Waals surface area contributed by atoms with E-state index >= 15 is 0 Å². The summed E-state index contributed by atoms with van der Waals surface area (Å²) in [6.45, 7) is 11.8. The van der Waals surface area contributed by atoms with Crippen molar-refractivity contribution in [1.29, 1.82) is 0 Å². The zero-order valence-corrected chi connectivity index (χ0v) is 12.8. The topological polar surface area (TPSA) is 28.4 Å². The Morgan fingerprint density at radius 2 is 2.16 bits per heavy atom. The Hall–Kier alpha value is -0.800. The van der Waals surface area contributed by atoms with Crippen molar-refractivity contribution in [3.63, 3.8) is 0 Å². The first-order valence-corrected chi connectivity index (χ1v) is 7.69. The van der Waals surface area contributed by atoms with Crippen molar-refractivity contribution in [2.45, 2.75) is 72.1 Å². The molecule has 1 aliphatic carbocycles. The smallest absolute Gasteiger partial charge is 0.120 e. The third-order valence-electron chi connectivity index (χ3n) is 4.18. The van der Waals surface area contributed by atoms with Crippen LogP contribution in [0.15, 0.2) is 10.5 Å². The maximum Gasteiger partial charge on any atom is 0.120 e. The Kier molecular flexibility index (Phi) is 5.06. The Morgan fingerprint density at radius 3 is 2.74 bits per heavy atom. The predicted molar refractivity (Wildman–Crippen MR) is 79.1 cm³/mol. The van der Waals surface area contributed by atoms with Crippen LogP contribution in [-0.2, 0) is 13.1 Å². The van der Waals surface area contributed by atoms with E-state index in [1.165, 1.54) is 24.8 Å². The molecule has 0 amide bonds. The average molecular weight is 264 g/mol. The van der Waals surface area contributed by atoms with E-state index in [0.717, 1.165) is 37.2 Å². The van der Waals surface area contributed by atoms with Gasteiger partial charge in [0.15, 0.2) is 0 Å². The number of nitrogens with zero attached hydrogens (tertiary/aromatic N) is 1. The van der Waals surface area contributed by atoms with Gasteiger partial charge in [-0.1, -0.05) is 13.8 Å². The highest BCUT2D eigenvalue weighted by molar-refractivity contribution is 5.20. The average Bonchev–Trinajstić information content (AvgIpc) is 3.17. The van der Waals surface area contributed by atoms with Crippen LogP contribution < -0.4 is 5.32 Å². The lowest BCUT2D eigenvalue weighted by Gasteiger charge is -2.25. The molecule has 0 spiro atoms. The summed E-state index contributed by atoms with van der Waals surface area (Å²) in [6, 6.07) is 3.55. The van der Waals surface area contributed by atoms with Gasteiger partial charge in [0.25, 0.3) is 0 Å². The molecular formula is C16H28N2O. The van der Waals surface area contributed by atoms with Crippen LogP contribution in [0.4, 0.5) is 0 Å². The number of aryl methyl sites for hydroxylation is 1. The first-order valence-electron chi connectivity index (χ1n) is 7.69. The van der Waals surface area contributed by atoms with Crippen LogP contribution in [0.1, 0.15) is 57.1 Å². The van der Waals surface area contributed by atoms with Gasteiger partial charge in [0.05, 0.1) is 13.1 Å². The summed E-state index contributed by atoms with van der Waals surface area (Å²) in [4.78, 5) is 2.47. The zero-order valence-electron chi connectivity index (χ0n) is 12.8. The van der Waals surface area contributed by atoms with Gasteiger partial charge in [0.1, 0.15) is 11.5 Å². The molecule has 0 bridgehead atoms. The van der Waals surface area contributed by atoms with Gasteiger partial charge in [0, 0.05) is 12.1 Å². The number of furan rings is 1. The molecule has 0 aliphatic heterocycles. The molecule has 19 heavy (non-hydrogen) atoms. The minimum absolute atomic E-state index is 0.614. The van der Waals surface area contributed by atoms with E-state index in [0.29, 0.717) is 6.04 Å². The molecule has 1 heterocycles. The fourth-order valence-corrected chi connectivity index (χ4v) is 2.41. The molecule has 1 aromatic rings. The molecule has 0 aromatic carbocycles. The monoisotopic (exact) mass is 264 g/mol. The van der Waals surface area contributed by atoms with E-state index in [1.54, 1.807) is 0 Å². The SMILES string of the molecule is CCC(C)N(CC)Cc1cc(C)c(CNC2CC2)o1. The molecule has 1 unspecified atom stereocenters. The number of rotatable bonds is 8. The molecule has 1 saturated carbocycles. The normalized spacial score (nSPS) is 17.1. The van der Waals surface area contributed by atoms with Crippen LogP contribution >= 0.6 is 0 Å². The maximum atomic E-state index is 6.02. The molecule has 1 N–H and O–H groups in total. The minimum atomic E-state index is 0.614. The molecular weight excluding hydrogens is 236 g/mol. The van der Waals surface area contributed by atoms with Crippen molar-refractivity contribution in [3.8, 4) is 0 Å². The summed E-state index contributed by atoms with van der Waals surface area (Å²) in [5.41, 5.74) is 1.28. The van der Waals surface area contributed by atoms with Crippen LogP contribution in [0.5, 0.6) is 0 Å². The van der Waals surface area contributed by atoms with E-state index in [4.69, 9.17) is 4.42 Å². The molecule has 1 fully saturated rings. The summed E-state index contributed by atoms with van der Waals surface area (Å²) >= 11 is 0. The fraction of sp³-hybridized carbons (Fsp3) is 0.750. The lowest BCUT2D eigenvalue weighted by atomic mass is 10.2. The maximum absolute atomic E-state index is 6.02. The quantitative estimate of drug-likeness (QED) is 0.779. The molecule has 1 atom stereocenters. The van der Waals surface area contributed by atoms with Crippen LogP contribution in [0, 0.1) is 6.92 Å². The summed E-state index contributed by atoms with van der Waals surface area (Å²) in [5.74, 6) is 2.22. The molecule has 2 rings (SSSR count). The highest BCUT2D eigenvalue weighted by atomic mass is 16.3. The molecule has 108 valence electrons. The van der Waals surface area contributed by atoms with Gasteiger partial charge in [-0.05, 0) is 51.3 Å². The van der Waals surface area contributed by atoms with Gasteiger partial charge in [0.2, 0.25) is 0 Å². The lowest BCUT2D eigenvalue weighted by molar-refractivity contribution is 0.189. The van der Waals surface area contributed by atoms with Crippen molar-refractivity contribution >= 4 is 0 Å². The van der Waals surface area contributed by atoms with Crippen molar-refractivity contribution < 1.29 is 4.42 Å². The Morgan fingerprint density at radius 1 is 1.42 bits per heavy atom. The second kappa shape index (κ2) is 6.58. The van der Waals surface area contributed by atoms with Crippen LogP contribution in [0.25, 0.3) is 0 Å². The second-order valence-electron chi connectivity index (χ2n) is 5.79. The number of nitrogens with one attached hydrogen (secondary N) is 1. The molecule has 0 saturated heterocycles. The number of hydrogen-bond donors (Lipinski definition) is 1. The Labute approximate surface area is 117 Å². The van der Waals surface area contributed by atoms with E-state index in [9.17, 15) is 0 Å². The zero-order chi connectivity index (χ0) is 13.8. The standard InChI is InChI=1S/C16H28N2O/c1-5-13(4)18(6-2)11-15-9-12(3)16(19-15)10-17-14-7-8-14/h9,13-14,17H,5-8,10-11H2,1-4H3.